The first-order valence-electron chi connectivity index (χ1n) is 7.31. The van der Waals surface area contributed by atoms with E-state index in [1.54, 1.807) is 6.92 Å². The summed E-state index contributed by atoms with van der Waals surface area (Å²) in [5.74, 6) is -0.602. The van der Waals surface area contributed by atoms with Gasteiger partial charge in [0.2, 0.25) is 5.91 Å². The highest BCUT2D eigenvalue weighted by molar-refractivity contribution is 5.78. The number of hydrogen-bond acceptors (Lipinski definition) is 4. The zero-order valence-corrected chi connectivity index (χ0v) is 12.7. The van der Waals surface area contributed by atoms with Crippen LogP contribution in [0.2, 0.25) is 0 Å². The van der Waals surface area contributed by atoms with Crippen LogP contribution in [0, 0.1) is 5.92 Å². The Kier molecular flexibility index (Phi) is 8.12. The zero-order valence-electron chi connectivity index (χ0n) is 12.7. The number of nitrogens with one attached hydrogen (secondary N) is 2. The van der Waals surface area contributed by atoms with Crippen LogP contribution in [0.1, 0.15) is 25.8 Å². The SMILES string of the molecule is CCCNC(=O)CNCC(C)C(=O)OCc1ccccc1. The fraction of sp³-hybridized carbons (Fsp3) is 0.500. The highest BCUT2D eigenvalue weighted by atomic mass is 16.5. The van der Waals surface area contributed by atoms with Crippen molar-refractivity contribution in [3.8, 4) is 0 Å². The van der Waals surface area contributed by atoms with Crippen LogP contribution in [0.3, 0.4) is 0 Å². The number of rotatable bonds is 9. The molecular weight excluding hydrogens is 268 g/mol. The van der Waals surface area contributed by atoms with E-state index in [1.165, 1.54) is 0 Å². The predicted octanol–water partition coefficient (Wildman–Crippen LogP) is 1.48. The van der Waals surface area contributed by atoms with Crippen molar-refractivity contribution < 1.29 is 14.3 Å². The second-order valence-electron chi connectivity index (χ2n) is 4.98. The highest BCUT2D eigenvalue weighted by Crippen LogP contribution is 2.04. The summed E-state index contributed by atoms with van der Waals surface area (Å²) in [6, 6.07) is 9.55. The van der Waals surface area contributed by atoms with E-state index in [1.807, 2.05) is 37.3 Å². The van der Waals surface area contributed by atoms with E-state index >= 15 is 0 Å². The Labute approximate surface area is 126 Å². The van der Waals surface area contributed by atoms with Crippen molar-refractivity contribution in [3.63, 3.8) is 0 Å². The molecule has 0 aromatic heterocycles. The molecule has 2 N–H and O–H groups in total. The smallest absolute Gasteiger partial charge is 0.310 e. The van der Waals surface area contributed by atoms with Crippen LogP contribution in [0.4, 0.5) is 0 Å². The molecule has 1 rings (SSSR count). The van der Waals surface area contributed by atoms with Crippen molar-refractivity contribution in [2.75, 3.05) is 19.6 Å². The average molecular weight is 292 g/mol. The maximum Gasteiger partial charge on any atom is 0.310 e. The van der Waals surface area contributed by atoms with Gasteiger partial charge in [-0.3, -0.25) is 9.59 Å². The number of carbonyl (C=O) groups is 2. The molecule has 1 amide bonds. The Morgan fingerprint density at radius 2 is 1.95 bits per heavy atom. The molecule has 0 radical (unpaired) electrons. The van der Waals surface area contributed by atoms with Crippen LogP contribution in [0.25, 0.3) is 0 Å². The van der Waals surface area contributed by atoms with Crippen molar-refractivity contribution >= 4 is 11.9 Å². The maximum atomic E-state index is 11.8. The van der Waals surface area contributed by atoms with Crippen molar-refractivity contribution in [1.82, 2.24) is 10.6 Å². The summed E-state index contributed by atoms with van der Waals surface area (Å²) in [4.78, 5) is 23.2. The quantitative estimate of drug-likeness (QED) is 0.677. The van der Waals surface area contributed by atoms with Gasteiger partial charge in [0, 0.05) is 13.1 Å². The van der Waals surface area contributed by atoms with Gasteiger partial charge in [-0.15, -0.1) is 0 Å². The normalized spacial score (nSPS) is 11.7. The van der Waals surface area contributed by atoms with Gasteiger partial charge in [-0.25, -0.2) is 0 Å². The third kappa shape index (κ3) is 7.46. The van der Waals surface area contributed by atoms with Gasteiger partial charge >= 0.3 is 5.97 Å². The molecule has 5 nitrogen and oxygen atoms in total. The second-order valence-corrected chi connectivity index (χ2v) is 4.98. The van der Waals surface area contributed by atoms with Gasteiger partial charge in [0.15, 0.2) is 0 Å². The summed E-state index contributed by atoms with van der Waals surface area (Å²) < 4.78 is 5.23. The van der Waals surface area contributed by atoms with Gasteiger partial charge in [0.1, 0.15) is 6.61 Å². The lowest BCUT2D eigenvalue weighted by Gasteiger charge is -2.12. The molecule has 1 unspecified atom stereocenters. The third-order valence-electron chi connectivity index (χ3n) is 2.93. The van der Waals surface area contributed by atoms with Crippen LogP contribution >= 0.6 is 0 Å². The number of carbonyl (C=O) groups excluding carboxylic acids is 2. The van der Waals surface area contributed by atoms with Gasteiger partial charge < -0.3 is 15.4 Å². The molecule has 0 heterocycles. The minimum absolute atomic E-state index is 0.0540. The summed E-state index contributed by atoms with van der Waals surface area (Å²) in [6.07, 6.45) is 0.911. The van der Waals surface area contributed by atoms with Crippen molar-refractivity contribution in [2.45, 2.75) is 26.9 Å². The van der Waals surface area contributed by atoms with E-state index in [2.05, 4.69) is 10.6 Å². The van der Waals surface area contributed by atoms with Crippen molar-refractivity contribution in [2.24, 2.45) is 5.92 Å². The summed E-state index contributed by atoms with van der Waals surface area (Å²) in [6.45, 7) is 5.38. The molecule has 0 bridgehead atoms. The van der Waals surface area contributed by atoms with Crippen molar-refractivity contribution in [1.29, 1.82) is 0 Å². The molecule has 0 fully saturated rings. The Bertz CT molecular complexity index is 434. The lowest BCUT2D eigenvalue weighted by Crippen LogP contribution is -2.37. The van der Waals surface area contributed by atoms with Gasteiger partial charge in [-0.1, -0.05) is 44.2 Å². The molecule has 21 heavy (non-hydrogen) atoms. The summed E-state index contributed by atoms with van der Waals surface area (Å²) in [5.41, 5.74) is 0.963. The topological polar surface area (TPSA) is 67.4 Å². The van der Waals surface area contributed by atoms with Crippen LogP contribution < -0.4 is 10.6 Å². The van der Waals surface area contributed by atoms with E-state index < -0.39 is 0 Å². The Balaban J connectivity index is 2.18. The van der Waals surface area contributed by atoms with Crippen LogP contribution in [-0.4, -0.2) is 31.5 Å². The Hall–Kier alpha value is -1.88. The van der Waals surface area contributed by atoms with Crippen molar-refractivity contribution in [3.05, 3.63) is 35.9 Å². The summed E-state index contributed by atoms with van der Waals surface area (Å²) >= 11 is 0. The third-order valence-corrected chi connectivity index (χ3v) is 2.93. The largest absolute Gasteiger partial charge is 0.461 e. The first-order valence-corrected chi connectivity index (χ1v) is 7.31. The van der Waals surface area contributed by atoms with Gasteiger partial charge in [-0.2, -0.15) is 0 Å². The fourth-order valence-electron chi connectivity index (χ4n) is 1.68. The Morgan fingerprint density at radius 1 is 1.24 bits per heavy atom. The molecule has 0 saturated carbocycles. The minimum Gasteiger partial charge on any atom is -0.461 e. The number of ether oxygens (including phenoxy) is 1. The number of esters is 1. The molecule has 1 atom stereocenters. The molecule has 5 heteroatoms. The highest BCUT2D eigenvalue weighted by Gasteiger charge is 2.14. The van der Waals surface area contributed by atoms with Gasteiger partial charge in [-0.05, 0) is 12.0 Å². The number of hydrogen-bond donors (Lipinski definition) is 2. The van der Waals surface area contributed by atoms with Gasteiger partial charge in [0.05, 0.1) is 12.5 Å². The van der Waals surface area contributed by atoms with Crippen LogP contribution in [-0.2, 0) is 20.9 Å². The molecule has 0 aliphatic carbocycles. The lowest BCUT2D eigenvalue weighted by atomic mass is 10.2. The number of amides is 1. The molecule has 0 aliphatic rings. The van der Waals surface area contributed by atoms with Gasteiger partial charge in [0.25, 0.3) is 0 Å². The van der Waals surface area contributed by atoms with Crippen LogP contribution in [0.5, 0.6) is 0 Å². The molecule has 0 spiro atoms. The minimum atomic E-state index is -0.285. The Morgan fingerprint density at radius 3 is 2.62 bits per heavy atom. The van der Waals surface area contributed by atoms with E-state index in [4.69, 9.17) is 4.74 Å². The summed E-state index contributed by atoms with van der Waals surface area (Å²) in [5, 5.41) is 5.72. The lowest BCUT2D eigenvalue weighted by molar-refractivity contribution is -0.149. The van der Waals surface area contributed by atoms with E-state index in [0.29, 0.717) is 13.1 Å². The number of benzene rings is 1. The zero-order chi connectivity index (χ0) is 15.5. The second kappa shape index (κ2) is 9.94. The first kappa shape index (κ1) is 17.2. The monoisotopic (exact) mass is 292 g/mol. The standard InChI is InChI=1S/C16H24N2O3/c1-3-9-18-15(19)11-17-10-13(2)16(20)21-12-14-7-5-4-6-8-14/h4-8,13,17H,3,9-12H2,1-2H3,(H,18,19). The average Bonchev–Trinajstić information content (AvgIpc) is 2.51. The first-order chi connectivity index (χ1) is 10.1. The van der Waals surface area contributed by atoms with E-state index in [0.717, 1.165) is 12.0 Å². The van der Waals surface area contributed by atoms with E-state index in [9.17, 15) is 9.59 Å². The molecule has 1 aromatic carbocycles. The van der Waals surface area contributed by atoms with Crippen LogP contribution in [0.15, 0.2) is 30.3 Å². The molecular formula is C16H24N2O3. The molecule has 0 aliphatic heterocycles. The predicted molar refractivity (Wildman–Crippen MR) is 81.6 cm³/mol. The summed E-state index contributed by atoms with van der Waals surface area (Å²) in [7, 11) is 0. The fourth-order valence-corrected chi connectivity index (χ4v) is 1.68. The maximum absolute atomic E-state index is 11.8. The van der Waals surface area contributed by atoms with E-state index in [-0.39, 0.29) is 30.9 Å². The molecule has 116 valence electrons. The molecule has 0 saturated heterocycles. The molecule has 1 aromatic rings.